The molecule has 0 amide bonds. The molecule has 1 atom stereocenters. The molecule has 7 nitrogen and oxygen atoms in total. The molecule has 1 aromatic carbocycles. The first-order valence-corrected chi connectivity index (χ1v) is 7.22. The second-order valence-corrected chi connectivity index (χ2v) is 5.84. The van der Waals surface area contributed by atoms with E-state index in [0.29, 0.717) is 16.9 Å². The summed E-state index contributed by atoms with van der Waals surface area (Å²) in [4.78, 5) is 18.0. The monoisotopic (exact) mass is 303 g/mol. The van der Waals surface area contributed by atoms with Crippen molar-refractivity contribution >= 4 is 11.8 Å². The molecule has 2 heterocycles. The molecule has 8 heteroatoms. The van der Waals surface area contributed by atoms with Crippen LogP contribution in [0.3, 0.4) is 0 Å². The number of aromatic nitrogens is 5. The van der Waals surface area contributed by atoms with Gasteiger partial charge in [0.1, 0.15) is 0 Å². The van der Waals surface area contributed by atoms with Crippen LogP contribution in [0.4, 0.5) is 0 Å². The van der Waals surface area contributed by atoms with Crippen molar-refractivity contribution in [3.05, 3.63) is 46.2 Å². The first-order valence-electron chi connectivity index (χ1n) is 6.34. The van der Waals surface area contributed by atoms with Gasteiger partial charge in [-0.2, -0.15) is 4.98 Å². The quantitative estimate of drug-likeness (QED) is 0.717. The predicted molar refractivity (Wildman–Crippen MR) is 78.0 cm³/mol. The fourth-order valence-corrected chi connectivity index (χ4v) is 2.64. The largest absolute Gasteiger partial charge is 0.341 e. The summed E-state index contributed by atoms with van der Waals surface area (Å²) in [7, 11) is 0. The van der Waals surface area contributed by atoms with Gasteiger partial charge in [0.2, 0.25) is 11.7 Å². The van der Waals surface area contributed by atoms with E-state index < -0.39 is 0 Å². The van der Waals surface area contributed by atoms with E-state index in [-0.39, 0.29) is 10.9 Å². The van der Waals surface area contributed by atoms with E-state index in [2.05, 4.69) is 25.3 Å². The lowest BCUT2D eigenvalue weighted by molar-refractivity contribution is 0.380. The number of H-pyrrole nitrogens is 2. The Kier molecular flexibility index (Phi) is 3.61. The van der Waals surface area contributed by atoms with Crippen LogP contribution < -0.4 is 5.69 Å². The van der Waals surface area contributed by atoms with Gasteiger partial charge in [0.05, 0.1) is 5.25 Å². The number of nitrogens with zero attached hydrogens (tertiary/aromatic N) is 3. The first-order chi connectivity index (χ1) is 10.1. The maximum atomic E-state index is 11.0. The maximum absolute atomic E-state index is 11.0. The van der Waals surface area contributed by atoms with Gasteiger partial charge in [-0.05, 0) is 19.4 Å². The van der Waals surface area contributed by atoms with Crippen molar-refractivity contribution in [1.82, 2.24) is 25.3 Å². The van der Waals surface area contributed by atoms with Crippen molar-refractivity contribution in [3.63, 3.8) is 0 Å². The van der Waals surface area contributed by atoms with Gasteiger partial charge in [-0.25, -0.2) is 9.89 Å². The third-order valence-electron chi connectivity index (χ3n) is 2.94. The van der Waals surface area contributed by atoms with Crippen molar-refractivity contribution in [2.45, 2.75) is 24.3 Å². The Hall–Kier alpha value is -2.35. The SMILES string of the molecule is Cc1ccccc1-c1noc([C@@H](C)Sc2n[nH]c(=O)[nH]2)n1. The van der Waals surface area contributed by atoms with Crippen LogP contribution in [0.25, 0.3) is 11.4 Å². The van der Waals surface area contributed by atoms with E-state index in [1.807, 2.05) is 38.1 Å². The molecule has 0 aliphatic rings. The molecule has 21 heavy (non-hydrogen) atoms. The van der Waals surface area contributed by atoms with Gasteiger partial charge in [-0.15, -0.1) is 5.10 Å². The van der Waals surface area contributed by atoms with Crippen LogP contribution in [0.1, 0.15) is 23.6 Å². The molecular formula is C13H13N5O2S. The minimum Gasteiger partial charge on any atom is -0.338 e. The number of rotatable bonds is 4. The predicted octanol–water partition coefficient (Wildman–Crippen LogP) is 2.31. The highest BCUT2D eigenvalue weighted by atomic mass is 32.2. The Labute approximate surface area is 124 Å². The third kappa shape index (κ3) is 2.89. The van der Waals surface area contributed by atoms with E-state index in [9.17, 15) is 4.79 Å². The Bertz CT molecular complexity index is 807. The molecule has 0 fully saturated rings. The normalized spacial score (nSPS) is 12.5. The fourth-order valence-electron chi connectivity index (χ4n) is 1.86. The Morgan fingerprint density at radius 3 is 2.86 bits per heavy atom. The van der Waals surface area contributed by atoms with Crippen LogP contribution in [-0.2, 0) is 0 Å². The van der Waals surface area contributed by atoms with Crippen LogP contribution in [0.5, 0.6) is 0 Å². The van der Waals surface area contributed by atoms with Gasteiger partial charge in [0.25, 0.3) is 0 Å². The van der Waals surface area contributed by atoms with Crippen LogP contribution in [0.2, 0.25) is 0 Å². The number of nitrogens with one attached hydrogen (secondary N) is 2. The zero-order valence-corrected chi connectivity index (χ0v) is 12.3. The number of aryl methyl sites for hydroxylation is 1. The molecule has 0 bridgehead atoms. The van der Waals surface area contributed by atoms with Crippen molar-refractivity contribution in [2.75, 3.05) is 0 Å². The van der Waals surface area contributed by atoms with E-state index in [0.717, 1.165) is 11.1 Å². The summed E-state index contributed by atoms with van der Waals surface area (Å²) >= 11 is 1.34. The molecule has 3 rings (SSSR count). The third-order valence-corrected chi connectivity index (χ3v) is 3.92. The van der Waals surface area contributed by atoms with E-state index in [1.165, 1.54) is 11.8 Å². The summed E-state index contributed by atoms with van der Waals surface area (Å²) in [5.41, 5.74) is 1.69. The summed E-state index contributed by atoms with van der Waals surface area (Å²) in [5.74, 6) is 1.05. The van der Waals surface area contributed by atoms with Gasteiger partial charge in [0.15, 0.2) is 5.16 Å². The zero-order valence-electron chi connectivity index (χ0n) is 11.5. The van der Waals surface area contributed by atoms with Crippen molar-refractivity contribution < 1.29 is 4.52 Å². The average molecular weight is 303 g/mol. The Morgan fingerprint density at radius 2 is 2.14 bits per heavy atom. The lowest BCUT2D eigenvalue weighted by Crippen LogP contribution is -2.00. The summed E-state index contributed by atoms with van der Waals surface area (Å²) in [6.45, 7) is 3.91. The molecule has 0 saturated heterocycles. The molecule has 0 radical (unpaired) electrons. The van der Waals surface area contributed by atoms with Crippen LogP contribution in [0, 0.1) is 6.92 Å². The zero-order chi connectivity index (χ0) is 14.8. The van der Waals surface area contributed by atoms with Crippen molar-refractivity contribution in [2.24, 2.45) is 0 Å². The molecule has 3 aromatic rings. The summed E-state index contributed by atoms with van der Waals surface area (Å²) < 4.78 is 5.30. The first kappa shape index (κ1) is 13.6. The van der Waals surface area contributed by atoms with E-state index >= 15 is 0 Å². The average Bonchev–Trinajstić information content (AvgIpc) is 3.09. The molecule has 0 saturated carbocycles. The van der Waals surface area contributed by atoms with Crippen molar-refractivity contribution in [3.8, 4) is 11.4 Å². The number of aromatic amines is 2. The van der Waals surface area contributed by atoms with Crippen LogP contribution >= 0.6 is 11.8 Å². The smallest absolute Gasteiger partial charge is 0.338 e. The van der Waals surface area contributed by atoms with E-state index in [1.54, 1.807) is 0 Å². The maximum Gasteiger partial charge on any atom is 0.341 e. The van der Waals surface area contributed by atoms with Gasteiger partial charge < -0.3 is 4.52 Å². The molecule has 0 spiro atoms. The topological polar surface area (TPSA) is 100 Å². The highest BCUT2D eigenvalue weighted by Gasteiger charge is 2.18. The summed E-state index contributed by atoms with van der Waals surface area (Å²) in [6.07, 6.45) is 0. The number of hydrogen-bond donors (Lipinski definition) is 2. The van der Waals surface area contributed by atoms with Gasteiger partial charge in [-0.3, -0.25) is 4.98 Å². The number of benzene rings is 1. The Balaban J connectivity index is 1.81. The van der Waals surface area contributed by atoms with E-state index in [4.69, 9.17) is 4.52 Å². The second-order valence-electron chi connectivity index (χ2n) is 4.51. The minimum atomic E-state index is -0.337. The van der Waals surface area contributed by atoms with Crippen LogP contribution in [0.15, 0.2) is 38.7 Å². The summed E-state index contributed by atoms with van der Waals surface area (Å²) in [6, 6.07) is 7.85. The fraction of sp³-hybridized carbons (Fsp3) is 0.231. The van der Waals surface area contributed by atoms with Gasteiger partial charge >= 0.3 is 5.69 Å². The molecule has 2 aromatic heterocycles. The molecule has 2 N–H and O–H groups in total. The Morgan fingerprint density at radius 1 is 1.33 bits per heavy atom. The lowest BCUT2D eigenvalue weighted by atomic mass is 10.1. The minimum absolute atomic E-state index is 0.116. The van der Waals surface area contributed by atoms with Crippen molar-refractivity contribution in [1.29, 1.82) is 0 Å². The van der Waals surface area contributed by atoms with Gasteiger partial charge in [0, 0.05) is 5.56 Å². The van der Waals surface area contributed by atoms with Gasteiger partial charge in [-0.1, -0.05) is 41.2 Å². The molecule has 108 valence electrons. The van der Waals surface area contributed by atoms with Crippen LogP contribution in [-0.4, -0.2) is 25.3 Å². The molecule has 0 unspecified atom stereocenters. The molecular weight excluding hydrogens is 290 g/mol. The highest BCUT2D eigenvalue weighted by molar-refractivity contribution is 7.99. The molecule has 0 aliphatic heterocycles. The summed E-state index contributed by atoms with van der Waals surface area (Å²) in [5, 5.41) is 10.5. The molecule has 0 aliphatic carbocycles. The standard InChI is InChI=1S/C13H13N5O2S/c1-7-5-3-4-6-9(7)10-14-11(20-18-10)8(2)21-13-15-12(19)16-17-13/h3-6,8H,1-2H3,(H2,15,16,17,19)/t8-/m1/s1. The lowest BCUT2D eigenvalue weighted by Gasteiger charge is -2.01. The highest BCUT2D eigenvalue weighted by Crippen LogP contribution is 2.32. The second kappa shape index (κ2) is 5.57. The number of thioether (sulfide) groups is 1. The number of hydrogen-bond acceptors (Lipinski definition) is 6.